The number of phenolic OH excluding ortho intramolecular Hbond substituents is 3. The van der Waals surface area contributed by atoms with E-state index in [0.717, 1.165) is 12.1 Å². The summed E-state index contributed by atoms with van der Waals surface area (Å²) in [5, 5.41) is 39.0. The summed E-state index contributed by atoms with van der Waals surface area (Å²) in [6.07, 6.45) is -0.172. The van der Waals surface area contributed by atoms with Gasteiger partial charge in [0.05, 0.1) is 6.42 Å². The van der Waals surface area contributed by atoms with E-state index in [0.29, 0.717) is 5.56 Å². The molecule has 0 fully saturated rings. The Morgan fingerprint density at radius 3 is 2.50 bits per heavy atom. The minimum Gasteiger partial charge on any atom is -0.507 e. The van der Waals surface area contributed by atoms with Crippen LogP contribution in [0.2, 0.25) is 0 Å². The lowest BCUT2D eigenvalue weighted by Gasteiger charge is -2.27. The molecule has 0 radical (unpaired) electrons. The number of ether oxygens (including phenoxy) is 2. The standard InChI is InChI=1S/C26H18O10/c27-15-6-5-12(7-16(15)28)20-9-17(29)25-18(30)10-21-24(26(25)36-20)14(8-23(33)35-21)13-3-1-2-4-19(13)34-11-22(31)32/h1-7,9-10,14,27-28,30H,8,11H2,(H,31,32)/t14-/m0/s1. The summed E-state index contributed by atoms with van der Waals surface area (Å²) in [5.41, 5.74) is 0.376. The van der Waals surface area contributed by atoms with Crippen molar-refractivity contribution in [3.05, 3.63) is 75.9 Å². The zero-order valence-corrected chi connectivity index (χ0v) is 18.4. The van der Waals surface area contributed by atoms with Crippen molar-refractivity contribution in [1.29, 1.82) is 0 Å². The van der Waals surface area contributed by atoms with Gasteiger partial charge in [-0.25, -0.2) is 4.79 Å². The summed E-state index contributed by atoms with van der Waals surface area (Å²) in [7, 11) is 0. The molecular weight excluding hydrogens is 472 g/mol. The van der Waals surface area contributed by atoms with E-state index < -0.39 is 41.4 Å². The molecule has 10 nitrogen and oxygen atoms in total. The number of phenols is 3. The minimum absolute atomic E-state index is 0.0249. The Bertz CT molecular complexity index is 1600. The van der Waals surface area contributed by atoms with Gasteiger partial charge in [0.1, 0.15) is 34.0 Å². The molecule has 0 unspecified atom stereocenters. The summed E-state index contributed by atoms with van der Waals surface area (Å²) in [5.74, 6) is -3.58. The molecule has 1 aliphatic rings. The van der Waals surface area contributed by atoms with Gasteiger partial charge in [-0.05, 0) is 24.3 Å². The predicted octanol–water partition coefficient (Wildman–Crippen LogP) is 3.48. The lowest BCUT2D eigenvalue weighted by atomic mass is 9.84. The molecule has 4 aromatic rings. The number of esters is 1. The molecule has 2 heterocycles. The number of aliphatic carboxylic acids is 1. The summed E-state index contributed by atoms with van der Waals surface area (Å²) < 4.78 is 16.8. The average Bonchev–Trinajstić information content (AvgIpc) is 2.83. The number of fused-ring (bicyclic) bond motifs is 3. The molecule has 1 atom stereocenters. The molecular formula is C26H18O10. The molecule has 0 saturated carbocycles. The second-order valence-electron chi connectivity index (χ2n) is 8.14. The quantitative estimate of drug-likeness (QED) is 0.185. The third-order valence-electron chi connectivity index (χ3n) is 5.83. The fourth-order valence-corrected chi connectivity index (χ4v) is 4.28. The molecule has 182 valence electrons. The SMILES string of the molecule is O=C(O)COc1ccccc1[C@@H]1CC(=O)Oc2cc(O)c3c(=O)cc(-c4ccc(O)c(O)c4)oc3c21. The van der Waals surface area contributed by atoms with Gasteiger partial charge < -0.3 is 34.3 Å². The van der Waals surface area contributed by atoms with Gasteiger partial charge in [-0.2, -0.15) is 0 Å². The maximum Gasteiger partial charge on any atom is 0.341 e. The van der Waals surface area contributed by atoms with Gasteiger partial charge in [0, 0.05) is 34.7 Å². The Labute approximate surface area is 202 Å². The number of para-hydroxylation sites is 1. The second kappa shape index (κ2) is 8.66. The first-order valence-electron chi connectivity index (χ1n) is 10.7. The highest BCUT2D eigenvalue weighted by atomic mass is 16.5. The highest BCUT2D eigenvalue weighted by molar-refractivity contribution is 5.93. The van der Waals surface area contributed by atoms with E-state index in [1.807, 2.05) is 0 Å². The van der Waals surface area contributed by atoms with Crippen LogP contribution in [0.15, 0.2) is 63.8 Å². The molecule has 0 bridgehead atoms. The van der Waals surface area contributed by atoms with Crippen molar-refractivity contribution >= 4 is 22.9 Å². The molecule has 36 heavy (non-hydrogen) atoms. The van der Waals surface area contributed by atoms with Gasteiger partial charge in [0.25, 0.3) is 0 Å². The number of carbonyl (C=O) groups is 2. The number of carboxylic acids is 1. The van der Waals surface area contributed by atoms with Gasteiger partial charge in [-0.15, -0.1) is 0 Å². The maximum atomic E-state index is 13.1. The van der Waals surface area contributed by atoms with Crippen LogP contribution in [0.1, 0.15) is 23.5 Å². The van der Waals surface area contributed by atoms with Gasteiger partial charge in [0.2, 0.25) is 0 Å². The number of carboxylic acid groups (broad SMARTS) is 1. The highest BCUT2D eigenvalue weighted by Crippen LogP contribution is 2.47. The van der Waals surface area contributed by atoms with Gasteiger partial charge >= 0.3 is 11.9 Å². The van der Waals surface area contributed by atoms with E-state index in [9.17, 15) is 29.7 Å². The topological polar surface area (TPSA) is 164 Å². The normalized spacial score (nSPS) is 14.8. The van der Waals surface area contributed by atoms with Gasteiger partial charge in [-0.3, -0.25) is 9.59 Å². The van der Waals surface area contributed by atoms with Crippen LogP contribution in [0.5, 0.6) is 28.7 Å². The van der Waals surface area contributed by atoms with Gasteiger partial charge in [-0.1, -0.05) is 18.2 Å². The van der Waals surface area contributed by atoms with E-state index in [1.165, 1.54) is 18.2 Å². The first-order valence-corrected chi connectivity index (χ1v) is 10.7. The zero-order valence-electron chi connectivity index (χ0n) is 18.4. The Morgan fingerprint density at radius 1 is 0.972 bits per heavy atom. The zero-order chi connectivity index (χ0) is 25.6. The van der Waals surface area contributed by atoms with Crippen molar-refractivity contribution in [2.24, 2.45) is 0 Å². The fourth-order valence-electron chi connectivity index (χ4n) is 4.28. The van der Waals surface area contributed by atoms with Crippen LogP contribution in [-0.2, 0) is 9.59 Å². The Morgan fingerprint density at radius 2 is 1.75 bits per heavy atom. The Hall–Kier alpha value is -4.99. The number of hydrogen-bond donors (Lipinski definition) is 4. The third kappa shape index (κ3) is 3.94. The van der Waals surface area contributed by atoms with Crippen molar-refractivity contribution in [3.63, 3.8) is 0 Å². The van der Waals surface area contributed by atoms with E-state index in [1.54, 1.807) is 24.3 Å². The number of aromatic hydroxyl groups is 3. The van der Waals surface area contributed by atoms with Crippen molar-refractivity contribution in [1.82, 2.24) is 0 Å². The van der Waals surface area contributed by atoms with Crippen LogP contribution in [0.25, 0.3) is 22.3 Å². The lowest BCUT2D eigenvalue weighted by molar-refractivity contribution is -0.139. The third-order valence-corrected chi connectivity index (χ3v) is 5.83. The first-order chi connectivity index (χ1) is 17.2. The van der Waals surface area contributed by atoms with Crippen molar-refractivity contribution in [2.75, 3.05) is 6.61 Å². The van der Waals surface area contributed by atoms with Crippen LogP contribution < -0.4 is 14.9 Å². The maximum absolute atomic E-state index is 13.1. The smallest absolute Gasteiger partial charge is 0.341 e. The van der Waals surface area contributed by atoms with E-state index >= 15 is 0 Å². The summed E-state index contributed by atoms with van der Waals surface area (Å²) in [4.78, 5) is 36.6. The van der Waals surface area contributed by atoms with Crippen molar-refractivity contribution < 1.29 is 43.9 Å². The van der Waals surface area contributed by atoms with E-state index in [2.05, 4.69) is 0 Å². The summed E-state index contributed by atoms with van der Waals surface area (Å²) in [6, 6.07) is 12.7. The molecule has 0 saturated heterocycles. The molecule has 5 rings (SSSR count). The second-order valence-corrected chi connectivity index (χ2v) is 8.14. The average molecular weight is 490 g/mol. The molecule has 1 aromatic heterocycles. The van der Waals surface area contributed by atoms with E-state index in [4.69, 9.17) is 19.0 Å². The van der Waals surface area contributed by atoms with Crippen molar-refractivity contribution in [3.8, 4) is 40.1 Å². The van der Waals surface area contributed by atoms with Gasteiger partial charge in [0.15, 0.2) is 23.5 Å². The molecule has 10 heteroatoms. The van der Waals surface area contributed by atoms with Crippen LogP contribution in [0.3, 0.4) is 0 Å². The first kappa shape index (κ1) is 22.8. The van der Waals surface area contributed by atoms with Crippen LogP contribution in [-0.4, -0.2) is 39.0 Å². The molecule has 0 spiro atoms. The Balaban J connectivity index is 1.77. The predicted molar refractivity (Wildman–Crippen MR) is 125 cm³/mol. The monoisotopic (exact) mass is 490 g/mol. The number of benzene rings is 3. The molecule has 1 aliphatic heterocycles. The number of rotatable bonds is 5. The highest BCUT2D eigenvalue weighted by Gasteiger charge is 2.35. The molecule has 0 amide bonds. The summed E-state index contributed by atoms with van der Waals surface area (Å²) in [6.45, 7) is -0.610. The van der Waals surface area contributed by atoms with E-state index in [-0.39, 0.29) is 51.5 Å². The number of carbonyl (C=O) groups excluding carboxylic acids is 1. The van der Waals surface area contributed by atoms with Crippen LogP contribution in [0.4, 0.5) is 0 Å². The largest absolute Gasteiger partial charge is 0.507 e. The Kier molecular flexibility index (Phi) is 5.48. The summed E-state index contributed by atoms with van der Waals surface area (Å²) >= 11 is 0. The van der Waals surface area contributed by atoms with Crippen LogP contribution >= 0.6 is 0 Å². The van der Waals surface area contributed by atoms with Crippen molar-refractivity contribution in [2.45, 2.75) is 12.3 Å². The fraction of sp³-hybridized carbons (Fsp3) is 0.115. The number of hydrogen-bond acceptors (Lipinski definition) is 9. The molecule has 4 N–H and O–H groups in total. The lowest BCUT2D eigenvalue weighted by Crippen LogP contribution is -2.22. The van der Waals surface area contributed by atoms with Crippen LogP contribution in [0, 0.1) is 0 Å². The minimum atomic E-state index is -1.18. The molecule has 3 aromatic carbocycles. The molecule has 0 aliphatic carbocycles.